The lowest BCUT2D eigenvalue weighted by Gasteiger charge is -2.10. The molecule has 4 rings (SSSR count). The van der Waals surface area contributed by atoms with Crippen LogP contribution in [-0.4, -0.2) is 30.6 Å². The number of pyridine rings is 1. The second kappa shape index (κ2) is 8.14. The average Bonchev–Trinajstić information content (AvgIpc) is 3.43. The molecular formula is C23H24N6O2. The number of benzene rings is 1. The van der Waals surface area contributed by atoms with Crippen LogP contribution in [0.3, 0.4) is 0 Å². The van der Waals surface area contributed by atoms with Crippen molar-refractivity contribution < 1.29 is 9.32 Å². The molecule has 1 aromatic carbocycles. The summed E-state index contributed by atoms with van der Waals surface area (Å²) in [6.07, 6.45) is 4.86. The average molecular weight is 416 g/mol. The molecule has 0 aliphatic carbocycles. The summed E-state index contributed by atoms with van der Waals surface area (Å²) in [6.45, 7) is 8.53. The van der Waals surface area contributed by atoms with Gasteiger partial charge in [0.15, 0.2) is 5.82 Å². The molecule has 31 heavy (non-hydrogen) atoms. The van der Waals surface area contributed by atoms with Gasteiger partial charge in [0, 0.05) is 29.9 Å². The third-order valence-corrected chi connectivity index (χ3v) is 4.87. The zero-order valence-electron chi connectivity index (χ0n) is 18.0. The molecule has 4 aromatic rings. The maximum absolute atomic E-state index is 12.5. The first kappa shape index (κ1) is 20.5. The Kier molecular flexibility index (Phi) is 5.37. The molecule has 3 aromatic heterocycles. The van der Waals surface area contributed by atoms with Crippen molar-refractivity contribution in [2.24, 2.45) is 0 Å². The van der Waals surface area contributed by atoms with Gasteiger partial charge in [-0.15, -0.1) is 0 Å². The Morgan fingerprint density at radius 2 is 1.97 bits per heavy atom. The third-order valence-electron chi connectivity index (χ3n) is 4.87. The van der Waals surface area contributed by atoms with E-state index in [9.17, 15) is 4.79 Å². The van der Waals surface area contributed by atoms with E-state index >= 15 is 0 Å². The van der Waals surface area contributed by atoms with Crippen LogP contribution in [0.2, 0.25) is 0 Å². The van der Waals surface area contributed by atoms with Gasteiger partial charge in [0.1, 0.15) is 17.8 Å². The van der Waals surface area contributed by atoms with Gasteiger partial charge in [-0.05, 0) is 30.2 Å². The number of hydrogen-bond donors (Lipinski definition) is 1. The van der Waals surface area contributed by atoms with E-state index in [4.69, 9.17) is 4.52 Å². The van der Waals surface area contributed by atoms with Crippen molar-refractivity contribution in [2.45, 2.75) is 39.7 Å². The number of aromatic nitrogens is 5. The monoisotopic (exact) mass is 416 g/mol. The number of rotatable bonds is 5. The lowest BCUT2D eigenvalue weighted by molar-refractivity contribution is 0.0946. The summed E-state index contributed by atoms with van der Waals surface area (Å²) < 4.78 is 7.10. The number of amides is 1. The van der Waals surface area contributed by atoms with Crippen molar-refractivity contribution in [3.05, 3.63) is 77.8 Å². The molecular weight excluding hydrogens is 392 g/mol. The summed E-state index contributed by atoms with van der Waals surface area (Å²) >= 11 is 0. The van der Waals surface area contributed by atoms with Crippen LogP contribution in [0, 0.1) is 6.92 Å². The molecule has 8 nitrogen and oxygen atoms in total. The molecule has 0 spiro atoms. The first-order chi connectivity index (χ1) is 14.8. The van der Waals surface area contributed by atoms with E-state index in [1.54, 1.807) is 29.4 Å². The van der Waals surface area contributed by atoms with Gasteiger partial charge in [0.2, 0.25) is 0 Å². The molecule has 0 saturated heterocycles. The van der Waals surface area contributed by atoms with Gasteiger partial charge in [-0.2, -0.15) is 4.98 Å². The van der Waals surface area contributed by atoms with Crippen LogP contribution in [0.15, 0.2) is 59.6 Å². The van der Waals surface area contributed by atoms with Crippen LogP contribution in [0.1, 0.15) is 48.2 Å². The second-order valence-electron chi connectivity index (χ2n) is 8.35. The molecule has 0 aliphatic heterocycles. The van der Waals surface area contributed by atoms with Gasteiger partial charge in [-0.1, -0.05) is 50.2 Å². The number of nitrogens with one attached hydrogen (secondary N) is 1. The van der Waals surface area contributed by atoms with Gasteiger partial charge >= 0.3 is 0 Å². The highest BCUT2D eigenvalue weighted by atomic mass is 16.5. The highest BCUT2D eigenvalue weighted by Gasteiger charge is 2.21. The zero-order chi connectivity index (χ0) is 22.0. The number of imidazole rings is 1. The Morgan fingerprint density at radius 3 is 2.71 bits per heavy atom. The summed E-state index contributed by atoms with van der Waals surface area (Å²) in [5, 5.41) is 6.97. The van der Waals surface area contributed by atoms with Crippen LogP contribution < -0.4 is 5.32 Å². The molecule has 0 saturated carbocycles. The molecule has 1 N–H and O–H groups in total. The minimum absolute atomic E-state index is 0.206. The molecule has 0 radical (unpaired) electrons. The fourth-order valence-corrected chi connectivity index (χ4v) is 2.98. The van der Waals surface area contributed by atoms with E-state index in [-0.39, 0.29) is 11.3 Å². The van der Waals surface area contributed by atoms with Gasteiger partial charge in [-0.3, -0.25) is 9.36 Å². The summed E-state index contributed by atoms with van der Waals surface area (Å²) in [6, 6.07) is 11.6. The topological polar surface area (TPSA) is 98.7 Å². The normalized spacial score (nSPS) is 11.5. The largest absolute Gasteiger partial charge is 0.347 e. The van der Waals surface area contributed by atoms with E-state index in [2.05, 4.69) is 25.4 Å². The van der Waals surface area contributed by atoms with E-state index in [1.165, 1.54) is 0 Å². The van der Waals surface area contributed by atoms with Crippen molar-refractivity contribution in [1.29, 1.82) is 0 Å². The molecule has 0 unspecified atom stereocenters. The smallest absolute Gasteiger partial charge is 0.271 e. The molecule has 8 heteroatoms. The molecule has 158 valence electrons. The minimum Gasteiger partial charge on any atom is -0.347 e. The van der Waals surface area contributed by atoms with E-state index in [1.807, 2.05) is 58.0 Å². The third kappa shape index (κ3) is 4.53. The van der Waals surface area contributed by atoms with Crippen LogP contribution in [0.4, 0.5) is 0 Å². The fraction of sp³-hybridized carbons (Fsp3) is 0.261. The summed E-state index contributed by atoms with van der Waals surface area (Å²) in [7, 11) is 0. The van der Waals surface area contributed by atoms with Gasteiger partial charge < -0.3 is 9.84 Å². The lowest BCUT2D eigenvalue weighted by Crippen LogP contribution is -2.23. The Morgan fingerprint density at radius 1 is 1.16 bits per heavy atom. The standard InChI is InChI=1S/C23H24N6O2/c1-15-7-5-6-8-17(15)12-25-20(30)18-13-29(14-26-18)19-11-16(9-10-24-19)21-27-22(28-31-21)23(2,3)4/h5-11,13-14H,12H2,1-4H3,(H,25,30). The van der Waals surface area contributed by atoms with Gasteiger partial charge in [0.25, 0.3) is 11.8 Å². The number of carbonyl (C=O) groups is 1. The van der Waals surface area contributed by atoms with Crippen molar-refractivity contribution in [3.8, 4) is 17.3 Å². The van der Waals surface area contributed by atoms with Crippen molar-refractivity contribution in [2.75, 3.05) is 0 Å². The summed E-state index contributed by atoms with van der Waals surface area (Å²) in [5.74, 6) is 1.41. The van der Waals surface area contributed by atoms with Crippen LogP contribution >= 0.6 is 0 Å². The maximum Gasteiger partial charge on any atom is 0.271 e. The van der Waals surface area contributed by atoms with Crippen LogP contribution in [-0.2, 0) is 12.0 Å². The minimum atomic E-state index is -0.245. The molecule has 0 aliphatic rings. The predicted molar refractivity (Wildman–Crippen MR) is 116 cm³/mol. The lowest BCUT2D eigenvalue weighted by atomic mass is 9.96. The van der Waals surface area contributed by atoms with Crippen molar-refractivity contribution >= 4 is 5.91 Å². The Labute approximate surface area is 180 Å². The Balaban J connectivity index is 1.50. The maximum atomic E-state index is 12.5. The molecule has 3 heterocycles. The fourth-order valence-electron chi connectivity index (χ4n) is 2.98. The Bertz CT molecular complexity index is 1220. The number of nitrogens with zero attached hydrogens (tertiary/aromatic N) is 5. The zero-order valence-corrected chi connectivity index (χ0v) is 18.0. The van der Waals surface area contributed by atoms with E-state index < -0.39 is 0 Å². The SMILES string of the molecule is Cc1ccccc1CNC(=O)c1cn(-c2cc(-c3nc(C(C)(C)C)no3)ccn2)cn1. The molecule has 1 amide bonds. The summed E-state index contributed by atoms with van der Waals surface area (Å²) in [5.41, 5.74) is 3.05. The van der Waals surface area contributed by atoms with Crippen LogP contribution in [0.5, 0.6) is 0 Å². The number of aryl methyl sites for hydroxylation is 1. The van der Waals surface area contributed by atoms with Crippen molar-refractivity contribution in [1.82, 2.24) is 30.0 Å². The molecule has 0 atom stereocenters. The van der Waals surface area contributed by atoms with Crippen LogP contribution in [0.25, 0.3) is 17.3 Å². The van der Waals surface area contributed by atoms with Gasteiger partial charge in [-0.25, -0.2) is 9.97 Å². The molecule has 0 bridgehead atoms. The number of carbonyl (C=O) groups excluding carboxylic acids is 1. The second-order valence-corrected chi connectivity index (χ2v) is 8.35. The van der Waals surface area contributed by atoms with Crippen molar-refractivity contribution in [3.63, 3.8) is 0 Å². The Hall–Kier alpha value is -3.81. The first-order valence-electron chi connectivity index (χ1n) is 9.99. The summed E-state index contributed by atoms with van der Waals surface area (Å²) in [4.78, 5) is 25.6. The predicted octanol–water partition coefficient (Wildman–Crippen LogP) is 3.85. The quantitative estimate of drug-likeness (QED) is 0.530. The van der Waals surface area contributed by atoms with E-state index in [0.717, 1.165) is 16.7 Å². The first-order valence-corrected chi connectivity index (χ1v) is 9.99. The van der Waals surface area contributed by atoms with E-state index in [0.29, 0.717) is 29.8 Å². The number of hydrogen-bond acceptors (Lipinski definition) is 6. The highest BCUT2D eigenvalue weighted by Crippen LogP contribution is 2.24. The van der Waals surface area contributed by atoms with Gasteiger partial charge in [0.05, 0.1) is 0 Å². The highest BCUT2D eigenvalue weighted by molar-refractivity contribution is 5.92. The molecule has 0 fully saturated rings.